The van der Waals surface area contributed by atoms with Gasteiger partial charge >= 0.3 is 0 Å². The van der Waals surface area contributed by atoms with Crippen LogP contribution in [0.3, 0.4) is 0 Å². The van der Waals surface area contributed by atoms with Crippen LogP contribution in [0.4, 0.5) is 0 Å². The van der Waals surface area contributed by atoms with E-state index in [2.05, 4.69) is 6.92 Å². The van der Waals surface area contributed by atoms with E-state index in [9.17, 15) is 9.90 Å². The van der Waals surface area contributed by atoms with E-state index in [0.717, 1.165) is 38.6 Å². The van der Waals surface area contributed by atoms with Crippen molar-refractivity contribution in [3.05, 3.63) is 0 Å². The van der Waals surface area contributed by atoms with Crippen LogP contribution >= 0.6 is 0 Å². The van der Waals surface area contributed by atoms with Crippen LogP contribution < -0.4 is 5.73 Å². The molecule has 0 radical (unpaired) electrons. The number of nitrogens with two attached hydrogens (primary N) is 1. The predicted octanol–water partition coefficient (Wildman–Crippen LogP) is 1.51. The van der Waals surface area contributed by atoms with Crippen molar-refractivity contribution in [1.29, 1.82) is 0 Å². The summed E-state index contributed by atoms with van der Waals surface area (Å²) >= 11 is 0. The Bertz CT molecular complexity index is 311. The molecule has 1 amide bonds. The highest BCUT2D eigenvalue weighted by molar-refractivity contribution is 5.83. The molecule has 1 saturated carbocycles. The summed E-state index contributed by atoms with van der Waals surface area (Å²) in [5, 5.41) is 9.54. The van der Waals surface area contributed by atoms with E-state index in [1.54, 1.807) is 0 Å². The molecule has 3 N–H and O–H groups in total. The molecular weight excluding hydrogens is 240 g/mol. The second-order valence-electron chi connectivity index (χ2n) is 6.41. The lowest BCUT2D eigenvalue weighted by Crippen LogP contribution is -2.51. The minimum absolute atomic E-state index is 0.000761. The zero-order valence-corrected chi connectivity index (χ0v) is 12.1. The molecule has 0 spiro atoms. The number of hydrogen-bond acceptors (Lipinski definition) is 3. The van der Waals surface area contributed by atoms with E-state index in [1.165, 1.54) is 12.8 Å². The molecule has 2 aliphatic rings. The van der Waals surface area contributed by atoms with E-state index >= 15 is 0 Å². The van der Waals surface area contributed by atoms with Gasteiger partial charge in [-0.15, -0.1) is 0 Å². The minimum atomic E-state index is -0.353. The van der Waals surface area contributed by atoms with E-state index in [0.29, 0.717) is 12.5 Å². The lowest BCUT2D eigenvalue weighted by Gasteiger charge is -2.37. The number of likely N-dealkylation sites (tertiary alicyclic amines) is 1. The van der Waals surface area contributed by atoms with Crippen LogP contribution in [0, 0.1) is 11.3 Å². The van der Waals surface area contributed by atoms with Crippen molar-refractivity contribution in [2.24, 2.45) is 17.1 Å². The van der Waals surface area contributed by atoms with Crippen molar-refractivity contribution >= 4 is 5.91 Å². The molecule has 2 atom stereocenters. The molecule has 110 valence electrons. The molecule has 4 nitrogen and oxygen atoms in total. The summed E-state index contributed by atoms with van der Waals surface area (Å²) in [7, 11) is 0. The first kappa shape index (κ1) is 14.8. The smallest absolute Gasteiger partial charge is 0.230 e. The third-order valence-electron chi connectivity index (χ3n) is 5.24. The summed E-state index contributed by atoms with van der Waals surface area (Å²) in [6.07, 6.45) is 7.49. The number of aliphatic hydroxyl groups excluding tert-OH is 1. The number of carbonyl (C=O) groups excluding carboxylic acids is 1. The summed E-state index contributed by atoms with van der Waals surface area (Å²) in [5.74, 6) is 0.606. The molecule has 1 heterocycles. The topological polar surface area (TPSA) is 66.6 Å². The van der Waals surface area contributed by atoms with E-state index in [-0.39, 0.29) is 24.0 Å². The molecule has 0 aromatic rings. The molecule has 1 aliphatic heterocycles. The average molecular weight is 268 g/mol. The van der Waals surface area contributed by atoms with Crippen molar-refractivity contribution < 1.29 is 9.90 Å². The Hall–Kier alpha value is -0.610. The molecule has 1 saturated heterocycles. The summed E-state index contributed by atoms with van der Waals surface area (Å²) < 4.78 is 0. The normalized spacial score (nSPS) is 31.2. The average Bonchev–Trinajstić information content (AvgIpc) is 2.65. The maximum Gasteiger partial charge on any atom is 0.230 e. The summed E-state index contributed by atoms with van der Waals surface area (Å²) in [6.45, 7) is 3.44. The first-order chi connectivity index (χ1) is 9.14. The second-order valence-corrected chi connectivity index (χ2v) is 6.41. The number of amides is 1. The van der Waals surface area contributed by atoms with Crippen LogP contribution in [0.1, 0.15) is 51.9 Å². The zero-order chi connectivity index (χ0) is 13.9. The monoisotopic (exact) mass is 268 g/mol. The molecule has 2 fully saturated rings. The standard InChI is InChI=1S/C15H28N2O2/c1-12-6-9-17(13(12)10-18)14(19)15(11-16)7-4-2-3-5-8-15/h12-13,18H,2-11,16H2,1H3. The van der Waals surface area contributed by atoms with Gasteiger partial charge in [-0.25, -0.2) is 0 Å². The van der Waals surface area contributed by atoms with Crippen LogP contribution in [-0.4, -0.2) is 41.7 Å². The highest BCUT2D eigenvalue weighted by Gasteiger charge is 2.44. The van der Waals surface area contributed by atoms with Crippen molar-refractivity contribution in [2.75, 3.05) is 19.7 Å². The van der Waals surface area contributed by atoms with Gasteiger partial charge in [0.25, 0.3) is 0 Å². The Kier molecular flexibility index (Phi) is 4.85. The Morgan fingerprint density at radius 3 is 2.47 bits per heavy atom. The van der Waals surface area contributed by atoms with Gasteiger partial charge in [0.05, 0.1) is 18.1 Å². The van der Waals surface area contributed by atoms with E-state index < -0.39 is 0 Å². The number of nitrogens with zero attached hydrogens (tertiary/aromatic N) is 1. The number of aliphatic hydroxyl groups is 1. The summed E-state index contributed by atoms with van der Waals surface area (Å²) in [5.41, 5.74) is 5.63. The minimum Gasteiger partial charge on any atom is -0.394 e. The van der Waals surface area contributed by atoms with Crippen LogP contribution in [0.15, 0.2) is 0 Å². The molecule has 2 rings (SSSR count). The van der Waals surface area contributed by atoms with E-state index in [1.807, 2.05) is 4.90 Å². The third kappa shape index (κ3) is 2.79. The molecule has 1 aliphatic carbocycles. The molecule has 0 aromatic carbocycles. The quantitative estimate of drug-likeness (QED) is 0.763. The Labute approximate surface area is 116 Å². The number of carbonyl (C=O) groups is 1. The molecule has 0 bridgehead atoms. The van der Waals surface area contributed by atoms with Crippen LogP contribution in [-0.2, 0) is 4.79 Å². The largest absolute Gasteiger partial charge is 0.394 e. The van der Waals surface area contributed by atoms with Gasteiger partial charge in [0, 0.05) is 13.1 Å². The number of hydrogen-bond donors (Lipinski definition) is 2. The third-order valence-corrected chi connectivity index (χ3v) is 5.24. The lowest BCUT2D eigenvalue weighted by atomic mass is 9.78. The molecular formula is C15H28N2O2. The van der Waals surface area contributed by atoms with Gasteiger partial charge < -0.3 is 15.7 Å². The lowest BCUT2D eigenvalue weighted by molar-refractivity contribution is -0.144. The van der Waals surface area contributed by atoms with Gasteiger partial charge in [-0.05, 0) is 25.2 Å². The fraction of sp³-hybridized carbons (Fsp3) is 0.933. The Balaban J connectivity index is 2.15. The SMILES string of the molecule is CC1CCN(C(=O)C2(CN)CCCCCC2)C1CO. The Morgan fingerprint density at radius 2 is 1.95 bits per heavy atom. The van der Waals surface area contributed by atoms with Gasteiger partial charge in [0.1, 0.15) is 0 Å². The molecule has 4 heteroatoms. The summed E-state index contributed by atoms with van der Waals surface area (Å²) in [4.78, 5) is 14.9. The fourth-order valence-electron chi connectivity index (χ4n) is 3.75. The highest BCUT2D eigenvalue weighted by Crippen LogP contribution is 2.38. The van der Waals surface area contributed by atoms with Crippen molar-refractivity contribution in [3.63, 3.8) is 0 Å². The van der Waals surface area contributed by atoms with Crippen molar-refractivity contribution in [3.8, 4) is 0 Å². The van der Waals surface area contributed by atoms with Gasteiger partial charge in [0.2, 0.25) is 5.91 Å². The van der Waals surface area contributed by atoms with Crippen molar-refractivity contribution in [1.82, 2.24) is 4.90 Å². The first-order valence-corrected chi connectivity index (χ1v) is 7.76. The first-order valence-electron chi connectivity index (χ1n) is 7.76. The van der Waals surface area contributed by atoms with Crippen LogP contribution in [0.2, 0.25) is 0 Å². The Morgan fingerprint density at radius 1 is 1.32 bits per heavy atom. The fourth-order valence-corrected chi connectivity index (χ4v) is 3.75. The number of rotatable bonds is 3. The molecule has 0 aromatic heterocycles. The van der Waals surface area contributed by atoms with Gasteiger partial charge in [-0.2, -0.15) is 0 Å². The van der Waals surface area contributed by atoms with Gasteiger partial charge in [0.15, 0.2) is 0 Å². The van der Waals surface area contributed by atoms with Crippen LogP contribution in [0.25, 0.3) is 0 Å². The highest BCUT2D eigenvalue weighted by atomic mass is 16.3. The van der Waals surface area contributed by atoms with Crippen LogP contribution in [0.5, 0.6) is 0 Å². The maximum atomic E-state index is 13.0. The molecule has 2 unspecified atom stereocenters. The zero-order valence-electron chi connectivity index (χ0n) is 12.1. The van der Waals surface area contributed by atoms with Gasteiger partial charge in [-0.1, -0.05) is 32.6 Å². The maximum absolute atomic E-state index is 13.0. The summed E-state index contributed by atoms with van der Waals surface area (Å²) in [6, 6.07) is -0.000761. The van der Waals surface area contributed by atoms with Gasteiger partial charge in [-0.3, -0.25) is 4.79 Å². The molecule has 19 heavy (non-hydrogen) atoms. The van der Waals surface area contributed by atoms with Crippen molar-refractivity contribution in [2.45, 2.75) is 57.9 Å². The second kappa shape index (κ2) is 6.23. The van der Waals surface area contributed by atoms with E-state index in [4.69, 9.17) is 5.73 Å². The predicted molar refractivity (Wildman–Crippen MR) is 75.6 cm³/mol.